The van der Waals surface area contributed by atoms with Gasteiger partial charge < -0.3 is 13.9 Å². The van der Waals surface area contributed by atoms with E-state index in [-0.39, 0.29) is 0 Å². The van der Waals surface area contributed by atoms with E-state index in [1.807, 2.05) is 0 Å². The maximum absolute atomic E-state index is 6.43. The highest BCUT2D eigenvalue weighted by Gasteiger charge is 2.52. The molecule has 1 fully saturated rings. The van der Waals surface area contributed by atoms with Crippen molar-refractivity contribution in [3.63, 3.8) is 0 Å². The minimum Gasteiger partial charge on any atom is -0.399 e. The number of hydrogen-bond donors (Lipinski definition) is 0. The molecule has 1 aliphatic carbocycles. The zero-order valence-electron chi connectivity index (χ0n) is 30.5. The fraction of sp³-hybridized carbons (Fsp3) is 0.143. The van der Waals surface area contributed by atoms with E-state index in [0.717, 1.165) is 22.3 Å². The maximum Gasteiger partial charge on any atom is 0.494 e. The Morgan fingerprint density at radius 3 is 1.79 bits per heavy atom. The van der Waals surface area contributed by atoms with Crippen LogP contribution in [-0.4, -0.2) is 22.9 Å². The number of fused-ring (bicyclic) bond motifs is 6. The third-order valence-corrected chi connectivity index (χ3v) is 12.1. The summed E-state index contributed by atoms with van der Waals surface area (Å²) in [7, 11) is -0.414. The molecule has 2 aliphatic rings. The molecule has 256 valence electrons. The molecule has 10 rings (SSSR count). The van der Waals surface area contributed by atoms with Crippen molar-refractivity contribution >= 4 is 34.4 Å². The van der Waals surface area contributed by atoms with E-state index in [0.29, 0.717) is 0 Å². The summed E-state index contributed by atoms with van der Waals surface area (Å²) < 4.78 is 15.3. The second-order valence-corrected chi connectivity index (χ2v) is 15.6. The quantitative estimate of drug-likeness (QED) is 0.168. The average Bonchev–Trinajstić information content (AvgIpc) is 3.76. The summed E-state index contributed by atoms with van der Waals surface area (Å²) >= 11 is 0. The highest BCUT2D eigenvalue weighted by molar-refractivity contribution is 6.62. The van der Waals surface area contributed by atoms with Gasteiger partial charge in [-0.3, -0.25) is 0 Å². The van der Waals surface area contributed by atoms with Crippen LogP contribution in [0.25, 0.3) is 49.7 Å². The zero-order valence-corrected chi connectivity index (χ0v) is 30.5. The third-order valence-electron chi connectivity index (χ3n) is 12.1. The third kappa shape index (κ3) is 4.69. The molecule has 1 saturated heterocycles. The second-order valence-electron chi connectivity index (χ2n) is 15.6. The predicted octanol–water partition coefficient (Wildman–Crippen LogP) is 11.1. The van der Waals surface area contributed by atoms with Gasteiger partial charge in [-0.25, -0.2) is 0 Å². The Hall–Kier alpha value is -5.68. The highest BCUT2D eigenvalue weighted by atomic mass is 16.7. The van der Waals surface area contributed by atoms with E-state index < -0.39 is 23.7 Å². The van der Waals surface area contributed by atoms with E-state index in [1.54, 1.807) is 0 Å². The topological polar surface area (TPSA) is 23.4 Å². The highest BCUT2D eigenvalue weighted by Crippen LogP contribution is 2.56. The Bertz CT molecular complexity index is 2640. The molecule has 0 bridgehead atoms. The van der Waals surface area contributed by atoms with Gasteiger partial charge in [0.25, 0.3) is 0 Å². The number of para-hydroxylation sites is 1. The van der Waals surface area contributed by atoms with Crippen LogP contribution in [0.3, 0.4) is 0 Å². The first kappa shape index (κ1) is 32.0. The van der Waals surface area contributed by atoms with Gasteiger partial charge in [0, 0.05) is 16.5 Å². The number of rotatable bonds is 5. The first-order valence-corrected chi connectivity index (χ1v) is 18.6. The van der Waals surface area contributed by atoms with E-state index in [4.69, 9.17) is 9.31 Å². The fourth-order valence-electron chi connectivity index (χ4n) is 8.85. The van der Waals surface area contributed by atoms with Crippen LogP contribution < -0.4 is 5.46 Å². The van der Waals surface area contributed by atoms with Gasteiger partial charge in [-0.2, -0.15) is 0 Å². The molecule has 0 atom stereocenters. The van der Waals surface area contributed by atoms with Gasteiger partial charge >= 0.3 is 7.12 Å². The molecule has 3 nitrogen and oxygen atoms in total. The van der Waals surface area contributed by atoms with Gasteiger partial charge in [0.05, 0.1) is 27.7 Å². The average molecular weight is 686 g/mol. The summed E-state index contributed by atoms with van der Waals surface area (Å²) in [5.41, 5.74) is 13.3. The largest absolute Gasteiger partial charge is 0.494 e. The molecule has 0 amide bonds. The van der Waals surface area contributed by atoms with Crippen LogP contribution in [0.1, 0.15) is 49.9 Å². The standard InChI is InChI=1S/C49H40BNO2/c1-47(2)48(3,4)53-50(52-47)37-21-15-16-33(30-37)34-26-28-41-40-23-12-14-25-45(40)51(46(41)31-34)38-27-29-44-42(32-38)39-22-11-13-24-43(39)49(44,35-17-7-5-8-18-35)36-19-9-6-10-20-36/h5-32H,1-4H3. The molecular formula is C49H40BNO2. The van der Waals surface area contributed by atoms with Gasteiger partial charge in [0.15, 0.2) is 0 Å². The van der Waals surface area contributed by atoms with Crippen molar-refractivity contribution in [2.75, 3.05) is 0 Å². The summed E-state index contributed by atoms with van der Waals surface area (Å²) in [6.07, 6.45) is 0. The molecule has 0 N–H and O–H groups in total. The van der Waals surface area contributed by atoms with Crippen molar-refractivity contribution in [3.05, 3.63) is 192 Å². The lowest BCUT2D eigenvalue weighted by Gasteiger charge is -2.33. The molecule has 0 radical (unpaired) electrons. The molecule has 2 heterocycles. The number of nitrogens with zero attached hydrogens (tertiary/aromatic N) is 1. The van der Waals surface area contributed by atoms with Gasteiger partial charge in [0.1, 0.15) is 0 Å². The lowest BCUT2D eigenvalue weighted by Crippen LogP contribution is -2.41. The van der Waals surface area contributed by atoms with E-state index in [9.17, 15) is 0 Å². The van der Waals surface area contributed by atoms with Gasteiger partial charge in [0.2, 0.25) is 0 Å². The first-order chi connectivity index (χ1) is 25.8. The number of hydrogen-bond acceptors (Lipinski definition) is 2. The van der Waals surface area contributed by atoms with Crippen molar-refractivity contribution in [3.8, 4) is 27.9 Å². The van der Waals surface area contributed by atoms with Crippen molar-refractivity contribution in [1.82, 2.24) is 4.57 Å². The summed E-state index contributed by atoms with van der Waals surface area (Å²) in [5.74, 6) is 0. The van der Waals surface area contributed by atoms with Crippen LogP contribution in [0.4, 0.5) is 0 Å². The Morgan fingerprint density at radius 1 is 0.453 bits per heavy atom. The Balaban J connectivity index is 1.16. The molecule has 0 saturated carbocycles. The summed E-state index contributed by atoms with van der Waals surface area (Å²) in [6.45, 7) is 8.41. The minimum absolute atomic E-state index is 0.397. The number of aromatic nitrogens is 1. The first-order valence-electron chi connectivity index (χ1n) is 18.6. The van der Waals surface area contributed by atoms with E-state index in [1.165, 1.54) is 55.2 Å². The lowest BCUT2D eigenvalue weighted by atomic mass is 9.68. The summed E-state index contributed by atoms with van der Waals surface area (Å²) in [6, 6.07) is 62.3. The molecule has 8 aromatic rings. The van der Waals surface area contributed by atoms with Gasteiger partial charge in [-0.15, -0.1) is 0 Å². The Labute approximate surface area is 311 Å². The predicted molar refractivity (Wildman–Crippen MR) is 219 cm³/mol. The zero-order chi connectivity index (χ0) is 36.0. The van der Waals surface area contributed by atoms with Crippen LogP contribution >= 0.6 is 0 Å². The van der Waals surface area contributed by atoms with Crippen molar-refractivity contribution in [2.45, 2.75) is 44.3 Å². The van der Waals surface area contributed by atoms with Crippen molar-refractivity contribution in [1.29, 1.82) is 0 Å². The van der Waals surface area contributed by atoms with Crippen LogP contribution in [0.2, 0.25) is 0 Å². The van der Waals surface area contributed by atoms with E-state index in [2.05, 4.69) is 202 Å². The minimum atomic E-state index is -0.427. The monoisotopic (exact) mass is 685 g/mol. The maximum atomic E-state index is 6.43. The van der Waals surface area contributed by atoms with Crippen LogP contribution in [0.15, 0.2) is 170 Å². The lowest BCUT2D eigenvalue weighted by molar-refractivity contribution is 0.00578. The second kappa shape index (κ2) is 11.7. The Kier molecular flexibility index (Phi) is 7.05. The molecule has 0 unspecified atom stereocenters. The van der Waals surface area contributed by atoms with Crippen LogP contribution in [0.5, 0.6) is 0 Å². The Morgan fingerprint density at radius 2 is 1.06 bits per heavy atom. The van der Waals surface area contributed by atoms with E-state index >= 15 is 0 Å². The van der Waals surface area contributed by atoms with Crippen molar-refractivity contribution < 1.29 is 9.31 Å². The van der Waals surface area contributed by atoms with Crippen LogP contribution in [-0.2, 0) is 14.7 Å². The van der Waals surface area contributed by atoms with Crippen LogP contribution in [0, 0.1) is 0 Å². The summed E-state index contributed by atoms with van der Waals surface area (Å²) in [5, 5.41) is 2.47. The SMILES string of the molecule is CC1(C)OB(c2cccc(-c3ccc4c5ccccc5n(-c5ccc6c(c5)-c5ccccc5C6(c5ccccc5)c5ccccc5)c4c3)c2)OC1(C)C. The normalized spacial score (nSPS) is 16.6. The molecule has 53 heavy (non-hydrogen) atoms. The summed E-state index contributed by atoms with van der Waals surface area (Å²) in [4.78, 5) is 0. The smallest absolute Gasteiger partial charge is 0.399 e. The van der Waals surface area contributed by atoms with Gasteiger partial charge in [-0.1, -0.05) is 146 Å². The van der Waals surface area contributed by atoms with Gasteiger partial charge in [-0.05, 0) is 102 Å². The molecule has 4 heteroatoms. The molecule has 1 aromatic heterocycles. The van der Waals surface area contributed by atoms with Crippen molar-refractivity contribution in [2.24, 2.45) is 0 Å². The molecule has 1 aliphatic heterocycles. The molecule has 7 aromatic carbocycles. The molecular weight excluding hydrogens is 645 g/mol. The molecule has 0 spiro atoms. The number of benzene rings is 7. The fourth-order valence-corrected chi connectivity index (χ4v) is 8.85.